The lowest BCUT2D eigenvalue weighted by Gasteiger charge is -2.27. The Balaban J connectivity index is 0.906. The highest BCUT2D eigenvalue weighted by molar-refractivity contribution is 6.23. The molecule has 2 unspecified atom stereocenters. The van der Waals surface area contributed by atoms with E-state index in [1.165, 1.54) is 11.1 Å². The molecule has 0 aliphatic carbocycles. The minimum Gasteiger partial charge on any atom is -0.494 e. The van der Waals surface area contributed by atoms with Gasteiger partial charge in [-0.2, -0.15) is 0 Å². The van der Waals surface area contributed by atoms with Crippen LogP contribution in [0.15, 0.2) is 85.6 Å². The zero-order valence-corrected chi connectivity index (χ0v) is 30.6. The number of fused-ring (bicyclic) bond motifs is 1. The van der Waals surface area contributed by atoms with Gasteiger partial charge in [0.25, 0.3) is 11.8 Å². The van der Waals surface area contributed by atoms with Crippen LogP contribution in [-0.2, 0) is 20.9 Å². The number of hydrogen-bond donors (Lipinski definition) is 2. The van der Waals surface area contributed by atoms with Gasteiger partial charge in [0.1, 0.15) is 24.1 Å². The van der Waals surface area contributed by atoms with E-state index in [1.807, 2.05) is 37.3 Å². The van der Waals surface area contributed by atoms with Crippen molar-refractivity contribution in [1.82, 2.24) is 20.2 Å². The number of amides is 4. The van der Waals surface area contributed by atoms with Crippen molar-refractivity contribution in [1.29, 1.82) is 0 Å². The van der Waals surface area contributed by atoms with Crippen LogP contribution in [-0.4, -0.2) is 64.3 Å². The SMILES string of the molecule is C=C(OCC)c1nccc(COc2ccc(C(CC)c3ccc(OCCCCCNc4ccc5c(c4)C(=O)N(C4CCC(=O)NC4=O)C5=O)cc3)cc2)n1. The van der Waals surface area contributed by atoms with Gasteiger partial charge in [-0.3, -0.25) is 29.4 Å². The van der Waals surface area contributed by atoms with Crippen molar-refractivity contribution in [2.45, 2.75) is 70.9 Å². The van der Waals surface area contributed by atoms with Crippen molar-refractivity contribution < 1.29 is 33.4 Å². The molecule has 12 heteroatoms. The summed E-state index contributed by atoms with van der Waals surface area (Å²) in [6, 6.07) is 22.3. The summed E-state index contributed by atoms with van der Waals surface area (Å²) in [5.74, 6) is 0.684. The second kappa shape index (κ2) is 17.7. The first-order chi connectivity index (χ1) is 26.2. The molecule has 3 aromatic carbocycles. The van der Waals surface area contributed by atoms with Gasteiger partial charge < -0.3 is 19.5 Å². The van der Waals surface area contributed by atoms with E-state index in [0.717, 1.165) is 53.5 Å². The molecule has 1 aromatic heterocycles. The zero-order valence-electron chi connectivity index (χ0n) is 30.6. The minimum absolute atomic E-state index is 0.0871. The first-order valence-electron chi connectivity index (χ1n) is 18.4. The molecule has 1 saturated heterocycles. The molecule has 2 aliphatic heterocycles. The van der Waals surface area contributed by atoms with Gasteiger partial charge in [0.2, 0.25) is 11.8 Å². The Kier molecular flexibility index (Phi) is 12.3. The van der Waals surface area contributed by atoms with Crippen LogP contribution in [0.1, 0.15) is 102 Å². The average molecular weight is 732 g/mol. The number of imide groups is 2. The van der Waals surface area contributed by atoms with Crippen molar-refractivity contribution in [3.8, 4) is 11.5 Å². The molecule has 4 aromatic rings. The number of unbranched alkanes of at least 4 members (excludes halogenated alkanes) is 2. The van der Waals surface area contributed by atoms with Gasteiger partial charge in [-0.15, -0.1) is 0 Å². The standard InChI is InChI=1S/C42H45N5O7/c1-4-34(29-11-16-33(17-12-29)54-26-31-21-23-44-39(45-31)27(3)52-5-2)28-9-14-32(15-10-28)53-24-8-6-7-22-43-30-13-18-35-36(25-30)42(51)47(41(35)50)37-19-20-38(48)46-40(37)49/h9-18,21,23,25,34,37,43H,3-8,19-20,22,24,26H2,1-2H3,(H,46,48,49). The molecule has 0 spiro atoms. The first kappa shape index (κ1) is 37.7. The number of hydrogen-bond acceptors (Lipinski definition) is 10. The third kappa shape index (κ3) is 8.94. The van der Waals surface area contributed by atoms with Gasteiger partial charge >= 0.3 is 0 Å². The average Bonchev–Trinajstić information content (AvgIpc) is 3.43. The number of nitrogens with one attached hydrogen (secondary N) is 2. The first-order valence-corrected chi connectivity index (χ1v) is 18.4. The number of anilines is 1. The number of carbonyl (C=O) groups is 4. The van der Waals surface area contributed by atoms with Crippen LogP contribution in [0.2, 0.25) is 0 Å². The summed E-state index contributed by atoms with van der Waals surface area (Å²) in [5.41, 5.74) is 4.42. The van der Waals surface area contributed by atoms with Gasteiger partial charge in [-0.25, -0.2) is 9.97 Å². The zero-order chi connectivity index (χ0) is 38.0. The van der Waals surface area contributed by atoms with Crippen molar-refractivity contribution in [2.24, 2.45) is 0 Å². The third-order valence-electron chi connectivity index (χ3n) is 9.50. The highest BCUT2D eigenvalue weighted by atomic mass is 16.5. The number of ether oxygens (including phenoxy) is 3. The molecule has 1 fully saturated rings. The summed E-state index contributed by atoms with van der Waals surface area (Å²) in [5, 5.41) is 5.54. The Bertz CT molecular complexity index is 2000. The Labute approximate surface area is 314 Å². The molecule has 2 N–H and O–H groups in total. The number of carbonyl (C=O) groups excluding carboxylic acids is 4. The number of benzene rings is 3. The molecule has 280 valence electrons. The van der Waals surface area contributed by atoms with E-state index in [2.05, 4.69) is 58.4 Å². The lowest BCUT2D eigenvalue weighted by molar-refractivity contribution is -0.136. The maximum Gasteiger partial charge on any atom is 0.262 e. The normalized spacial score (nSPS) is 15.7. The molecule has 2 atom stereocenters. The molecule has 4 amide bonds. The molecule has 3 heterocycles. The number of nitrogens with zero attached hydrogens (tertiary/aromatic N) is 3. The van der Waals surface area contributed by atoms with Crippen LogP contribution < -0.4 is 20.1 Å². The Morgan fingerprint density at radius 2 is 1.59 bits per heavy atom. The number of aromatic nitrogens is 2. The van der Waals surface area contributed by atoms with Crippen LogP contribution in [0.5, 0.6) is 11.5 Å². The highest BCUT2D eigenvalue weighted by Crippen LogP contribution is 2.32. The predicted molar refractivity (Wildman–Crippen MR) is 203 cm³/mol. The lowest BCUT2D eigenvalue weighted by atomic mass is 9.89. The Morgan fingerprint density at radius 1 is 0.889 bits per heavy atom. The maximum atomic E-state index is 13.1. The monoisotopic (exact) mass is 731 g/mol. The fourth-order valence-corrected chi connectivity index (χ4v) is 6.67. The summed E-state index contributed by atoms with van der Waals surface area (Å²) in [7, 11) is 0. The van der Waals surface area contributed by atoms with Gasteiger partial charge in [-0.1, -0.05) is 37.8 Å². The Morgan fingerprint density at radius 3 is 2.28 bits per heavy atom. The molecular formula is C42H45N5O7. The maximum absolute atomic E-state index is 13.1. The minimum atomic E-state index is -0.976. The van der Waals surface area contributed by atoms with Crippen molar-refractivity contribution in [3.63, 3.8) is 0 Å². The lowest BCUT2D eigenvalue weighted by Crippen LogP contribution is -2.54. The van der Waals surface area contributed by atoms with Gasteiger partial charge in [0, 0.05) is 30.8 Å². The summed E-state index contributed by atoms with van der Waals surface area (Å²) >= 11 is 0. The van der Waals surface area contributed by atoms with Crippen LogP contribution in [0.3, 0.4) is 0 Å². The van der Waals surface area contributed by atoms with Gasteiger partial charge in [0.05, 0.1) is 30.0 Å². The summed E-state index contributed by atoms with van der Waals surface area (Å²) in [4.78, 5) is 59.5. The van der Waals surface area contributed by atoms with Crippen LogP contribution in [0.4, 0.5) is 5.69 Å². The van der Waals surface area contributed by atoms with Crippen molar-refractivity contribution in [2.75, 3.05) is 25.1 Å². The van der Waals surface area contributed by atoms with E-state index >= 15 is 0 Å². The topological polar surface area (TPSA) is 149 Å². The smallest absolute Gasteiger partial charge is 0.262 e. The van der Waals surface area contributed by atoms with E-state index in [4.69, 9.17) is 14.2 Å². The molecular weight excluding hydrogens is 686 g/mol. The van der Waals surface area contributed by atoms with Crippen LogP contribution in [0, 0.1) is 0 Å². The number of rotatable bonds is 18. The van der Waals surface area contributed by atoms with E-state index in [9.17, 15) is 19.2 Å². The molecule has 12 nitrogen and oxygen atoms in total. The molecule has 0 saturated carbocycles. The van der Waals surface area contributed by atoms with Gasteiger partial charge in [-0.05, 0) is 98.7 Å². The van der Waals surface area contributed by atoms with Crippen molar-refractivity contribution >= 4 is 35.1 Å². The van der Waals surface area contributed by atoms with Gasteiger partial charge in [0.15, 0.2) is 11.6 Å². The van der Waals surface area contributed by atoms with E-state index < -0.39 is 29.7 Å². The fraction of sp³-hybridized carbons (Fsp3) is 0.333. The highest BCUT2D eigenvalue weighted by Gasteiger charge is 2.44. The van der Waals surface area contributed by atoms with Crippen LogP contribution in [0.25, 0.3) is 5.76 Å². The van der Waals surface area contributed by atoms with Crippen LogP contribution >= 0.6 is 0 Å². The second-order valence-corrected chi connectivity index (χ2v) is 13.2. The van der Waals surface area contributed by atoms with E-state index in [1.54, 1.807) is 24.4 Å². The quantitative estimate of drug-likeness (QED) is 0.0646. The third-order valence-corrected chi connectivity index (χ3v) is 9.50. The summed E-state index contributed by atoms with van der Waals surface area (Å²) in [6.45, 7) is 10.0. The number of piperidine rings is 1. The van der Waals surface area contributed by atoms with Crippen molar-refractivity contribution in [3.05, 3.63) is 119 Å². The molecule has 0 radical (unpaired) electrons. The Hall–Kier alpha value is -6.04. The van der Waals surface area contributed by atoms with E-state index in [0.29, 0.717) is 37.9 Å². The molecule has 54 heavy (non-hydrogen) atoms. The molecule has 6 rings (SSSR count). The summed E-state index contributed by atoms with van der Waals surface area (Å²) in [6.07, 6.45) is 5.56. The predicted octanol–water partition coefficient (Wildman–Crippen LogP) is 6.67. The van der Waals surface area contributed by atoms with E-state index in [-0.39, 0.29) is 29.9 Å². The molecule has 2 aliphatic rings. The summed E-state index contributed by atoms with van der Waals surface area (Å²) < 4.78 is 17.4. The largest absolute Gasteiger partial charge is 0.494 e. The fourth-order valence-electron chi connectivity index (χ4n) is 6.67. The second-order valence-electron chi connectivity index (χ2n) is 13.2. The molecule has 0 bridgehead atoms.